The molecule has 0 aliphatic heterocycles. The van der Waals surface area contributed by atoms with E-state index < -0.39 is 11.7 Å². The number of nitrogens with two attached hydrogens (primary N) is 1. The van der Waals surface area contributed by atoms with E-state index in [1.807, 2.05) is 0 Å². The van der Waals surface area contributed by atoms with E-state index in [9.17, 15) is 13.2 Å². The first-order chi connectivity index (χ1) is 8.95. The van der Waals surface area contributed by atoms with Gasteiger partial charge < -0.3 is 10.7 Å². The van der Waals surface area contributed by atoms with Crippen molar-refractivity contribution in [3.63, 3.8) is 0 Å². The van der Waals surface area contributed by atoms with Gasteiger partial charge in [0.05, 0.1) is 22.3 Å². The lowest BCUT2D eigenvalue weighted by Crippen LogP contribution is -2.04. The Hall–Kier alpha value is -2.51. The molecule has 0 atom stereocenters. The highest BCUT2D eigenvalue weighted by Crippen LogP contribution is 2.31. The number of halogens is 3. The van der Waals surface area contributed by atoms with Crippen LogP contribution in [0.5, 0.6) is 0 Å². The van der Waals surface area contributed by atoms with Crippen LogP contribution in [0.2, 0.25) is 0 Å². The highest BCUT2D eigenvalue weighted by Gasteiger charge is 2.30. The highest BCUT2D eigenvalue weighted by molar-refractivity contribution is 5.81. The minimum atomic E-state index is -4.39. The second-order valence-corrected chi connectivity index (χ2v) is 4.00. The number of aromatic nitrogens is 4. The summed E-state index contributed by atoms with van der Waals surface area (Å²) in [6.45, 7) is 0. The Bertz CT molecular complexity index is 740. The fraction of sp³-hybridized carbons (Fsp3) is 0.0909. The number of alkyl halides is 3. The van der Waals surface area contributed by atoms with Crippen LogP contribution >= 0.6 is 0 Å². The van der Waals surface area contributed by atoms with Crippen LogP contribution in [0.3, 0.4) is 0 Å². The molecular weight excluding hydrogens is 259 g/mol. The molecule has 0 spiro atoms. The van der Waals surface area contributed by atoms with Crippen molar-refractivity contribution in [3.05, 3.63) is 30.0 Å². The monoisotopic (exact) mass is 267 g/mol. The molecule has 1 aromatic carbocycles. The highest BCUT2D eigenvalue weighted by atomic mass is 19.4. The van der Waals surface area contributed by atoms with Gasteiger partial charge in [-0.1, -0.05) is 0 Å². The fourth-order valence-corrected chi connectivity index (χ4v) is 1.78. The minimum Gasteiger partial charge on any atom is -0.396 e. The zero-order valence-electron chi connectivity index (χ0n) is 9.42. The number of nitrogens with one attached hydrogen (secondary N) is 2. The Morgan fingerprint density at radius 1 is 1.21 bits per heavy atom. The number of anilines is 1. The van der Waals surface area contributed by atoms with E-state index in [1.165, 1.54) is 12.3 Å². The summed E-state index contributed by atoms with van der Waals surface area (Å²) in [6, 6.07) is 3.31. The predicted molar refractivity (Wildman–Crippen MR) is 63.1 cm³/mol. The third-order valence-corrected chi connectivity index (χ3v) is 2.70. The molecule has 0 saturated heterocycles. The van der Waals surface area contributed by atoms with Crippen LogP contribution in [0.15, 0.2) is 24.4 Å². The molecule has 0 aliphatic carbocycles. The first-order valence-corrected chi connectivity index (χ1v) is 5.32. The summed E-state index contributed by atoms with van der Waals surface area (Å²) in [5.74, 6) is 0.327. The maximum absolute atomic E-state index is 12.6. The van der Waals surface area contributed by atoms with Crippen LogP contribution in [0, 0.1) is 0 Å². The number of fused-ring (bicyclic) bond motifs is 1. The fourth-order valence-electron chi connectivity index (χ4n) is 1.78. The molecular formula is C11H8F3N5. The topological polar surface area (TPSA) is 83.4 Å². The summed E-state index contributed by atoms with van der Waals surface area (Å²) >= 11 is 0. The lowest BCUT2D eigenvalue weighted by molar-refractivity contribution is -0.137. The normalized spacial score (nSPS) is 12.2. The molecule has 0 saturated carbocycles. The number of benzene rings is 1. The van der Waals surface area contributed by atoms with Crippen LogP contribution in [-0.2, 0) is 6.18 Å². The molecule has 3 aromatic rings. The molecule has 4 N–H and O–H groups in total. The van der Waals surface area contributed by atoms with E-state index in [1.54, 1.807) is 0 Å². The first-order valence-electron chi connectivity index (χ1n) is 5.32. The Morgan fingerprint density at radius 3 is 2.63 bits per heavy atom. The van der Waals surface area contributed by atoms with E-state index in [0.717, 1.165) is 12.1 Å². The molecule has 8 heteroatoms. The van der Waals surface area contributed by atoms with Crippen molar-refractivity contribution in [2.75, 3.05) is 5.73 Å². The Balaban J connectivity index is 2.14. The molecule has 0 radical (unpaired) electrons. The second kappa shape index (κ2) is 3.74. The van der Waals surface area contributed by atoms with Crippen molar-refractivity contribution < 1.29 is 13.2 Å². The smallest absolute Gasteiger partial charge is 0.396 e. The van der Waals surface area contributed by atoms with E-state index >= 15 is 0 Å². The Morgan fingerprint density at radius 2 is 2.00 bits per heavy atom. The maximum Gasteiger partial charge on any atom is 0.416 e. The van der Waals surface area contributed by atoms with E-state index in [4.69, 9.17) is 5.73 Å². The van der Waals surface area contributed by atoms with Gasteiger partial charge in [0.15, 0.2) is 11.5 Å². The van der Waals surface area contributed by atoms with Crippen LogP contribution in [0.1, 0.15) is 5.56 Å². The number of rotatable bonds is 1. The zero-order chi connectivity index (χ0) is 13.6. The largest absolute Gasteiger partial charge is 0.416 e. The summed E-state index contributed by atoms with van der Waals surface area (Å²) < 4.78 is 37.8. The molecule has 0 unspecified atom stereocenters. The standard InChI is InChI=1S/C11H8F3N5/c12-11(13,14)5-1-2-7-8(3-5)18-10(17-7)9-6(15)4-16-19-9/h1-4H,15H2,(H,16,19)(H,17,18). The molecule has 19 heavy (non-hydrogen) atoms. The number of imidazole rings is 1. The number of H-pyrrole nitrogens is 2. The quantitative estimate of drug-likeness (QED) is 0.633. The van der Waals surface area contributed by atoms with Crippen molar-refractivity contribution in [3.8, 4) is 11.5 Å². The van der Waals surface area contributed by atoms with Gasteiger partial charge in [0, 0.05) is 6.20 Å². The van der Waals surface area contributed by atoms with Gasteiger partial charge in [0.1, 0.15) is 0 Å². The van der Waals surface area contributed by atoms with E-state index in [2.05, 4.69) is 20.2 Å². The van der Waals surface area contributed by atoms with Crippen LogP contribution in [-0.4, -0.2) is 20.2 Å². The molecule has 0 amide bonds. The average Bonchev–Trinajstić information content (AvgIpc) is 2.91. The van der Waals surface area contributed by atoms with Crippen LogP contribution in [0.25, 0.3) is 22.6 Å². The van der Waals surface area contributed by atoms with Crippen LogP contribution in [0.4, 0.5) is 18.9 Å². The van der Waals surface area contributed by atoms with Gasteiger partial charge in [0.25, 0.3) is 0 Å². The zero-order valence-corrected chi connectivity index (χ0v) is 9.42. The minimum absolute atomic E-state index is 0.215. The summed E-state index contributed by atoms with van der Waals surface area (Å²) in [7, 11) is 0. The predicted octanol–water partition coefficient (Wildman–Crippen LogP) is 2.55. The average molecular weight is 267 g/mol. The molecule has 2 aromatic heterocycles. The molecule has 0 bridgehead atoms. The van der Waals surface area contributed by atoms with E-state index in [-0.39, 0.29) is 5.52 Å². The second-order valence-electron chi connectivity index (χ2n) is 4.00. The maximum atomic E-state index is 12.6. The molecule has 0 aliphatic rings. The third-order valence-electron chi connectivity index (χ3n) is 2.70. The van der Waals surface area contributed by atoms with Crippen molar-refractivity contribution in [1.82, 2.24) is 20.2 Å². The van der Waals surface area contributed by atoms with Gasteiger partial charge in [-0.2, -0.15) is 18.3 Å². The molecule has 0 fully saturated rings. The molecule has 3 rings (SSSR count). The van der Waals surface area contributed by atoms with Gasteiger partial charge in [-0.25, -0.2) is 4.98 Å². The Labute approximate surface area is 104 Å². The Kier molecular flexibility index (Phi) is 2.28. The molecule has 5 nitrogen and oxygen atoms in total. The van der Waals surface area contributed by atoms with Crippen LogP contribution < -0.4 is 5.73 Å². The summed E-state index contributed by atoms with van der Waals surface area (Å²) in [6.07, 6.45) is -2.91. The molecule has 2 heterocycles. The summed E-state index contributed by atoms with van der Waals surface area (Å²) in [5, 5.41) is 6.45. The lowest BCUT2D eigenvalue weighted by Gasteiger charge is -2.04. The van der Waals surface area contributed by atoms with Crippen molar-refractivity contribution in [1.29, 1.82) is 0 Å². The number of hydrogen-bond donors (Lipinski definition) is 3. The number of nitrogen functional groups attached to an aromatic ring is 1. The van der Waals surface area contributed by atoms with Gasteiger partial charge in [0.2, 0.25) is 0 Å². The van der Waals surface area contributed by atoms with Crippen molar-refractivity contribution >= 4 is 16.7 Å². The third kappa shape index (κ3) is 1.90. The van der Waals surface area contributed by atoms with Crippen molar-refractivity contribution in [2.45, 2.75) is 6.18 Å². The van der Waals surface area contributed by atoms with Gasteiger partial charge in [-0.05, 0) is 18.2 Å². The first kappa shape index (κ1) is 11.6. The van der Waals surface area contributed by atoms with Gasteiger partial charge >= 0.3 is 6.18 Å². The SMILES string of the molecule is Nc1c[nH]nc1-c1nc2cc(C(F)(F)F)ccc2[nH]1. The lowest BCUT2D eigenvalue weighted by atomic mass is 10.2. The van der Waals surface area contributed by atoms with E-state index in [0.29, 0.717) is 22.7 Å². The number of aromatic amines is 2. The van der Waals surface area contributed by atoms with Gasteiger partial charge in [-0.15, -0.1) is 0 Å². The summed E-state index contributed by atoms with van der Waals surface area (Å²) in [5.41, 5.74) is 6.37. The summed E-state index contributed by atoms with van der Waals surface area (Å²) in [4.78, 5) is 6.95. The molecule has 98 valence electrons. The number of nitrogens with zero attached hydrogens (tertiary/aromatic N) is 2. The number of hydrogen-bond acceptors (Lipinski definition) is 3. The van der Waals surface area contributed by atoms with Crippen molar-refractivity contribution in [2.24, 2.45) is 0 Å². The van der Waals surface area contributed by atoms with Gasteiger partial charge in [-0.3, -0.25) is 5.10 Å².